The molecule has 3 unspecified atom stereocenters. The second kappa shape index (κ2) is 41.6. The van der Waals surface area contributed by atoms with Gasteiger partial charge in [-0.2, -0.15) is 79.0 Å². The zero-order chi connectivity index (χ0) is 96.6. The van der Waals surface area contributed by atoms with Crippen LogP contribution in [0.3, 0.4) is 0 Å². The van der Waals surface area contributed by atoms with Gasteiger partial charge < -0.3 is 61.2 Å². The molecule has 0 aromatic heterocycles. The lowest BCUT2D eigenvalue weighted by Crippen LogP contribution is -2.74. The fraction of sp³-hybridized carbons (Fsp3) is 0.548. The summed E-state index contributed by atoms with van der Waals surface area (Å²) < 4.78 is 260. The predicted molar refractivity (Wildman–Crippen MR) is 455 cm³/mol. The van der Waals surface area contributed by atoms with Gasteiger partial charge in [0, 0.05) is 78.5 Å². The normalized spacial score (nSPS) is 26.4. The number of ether oxygens (including phenoxy) is 3. The molecule has 7 N–H and O–H groups in total. The number of benzene rings is 6. The summed E-state index contributed by atoms with van der Waals surface area (Å²) in [4.78, 5) is 85.9. The summed E-state index contributed by atoms with van der Waals surface area (Å²) in [6, 6.07) is 31.7. The molecule has 21 nitrogen and oxygen atoms in total. The maximum Gasteiger partial charge on any atom is 0.416 e. The first kappa shape index (κ1) is 102. The highest BCUT2D eigenvalue weighted by Crippen LogP contribution is 2.50. The predicted octanol–water partition coefficient (Wildman–Crippen LogP) is 18.2. The van der Waals surface area contributed by atoms with Gasteiger partial charge in [-0.25, -0.2) is 9.59 Å². The number of alkyl halides is 18. The Labute approximate surface area is 763 Å². The number of nitrogens with one attached hydrogen (secondary N) is 5. The third kappa shape index (κ3) is 25.0. The third-order valence-corrected chi connectivity index (χ3v) is 27.1. The van der Waals surface area contributed by atoms with Crippen LogP contribution in [0.2, 0.25) is 0 Å². The van der Waals surface area contributed by atoms with Crippen molar-refractivity contribution in [3.63, 3.8) is 0 Å². The molecule has 9 aliphatic heterocycles. The van der Waals surface area contributed by atoms with Crippen molar-refractivity contribution in [2.24, 2.45) is 5.73 Å². The molecule has 133 heavy (non-hydrogen) atoms. The van der Waals surface area contributed by atoms with Crippen molar-refractivity contribution in [1.29, 1.82) is 0 Å². The Hall–Kier alpha value is -9.51. The Bertz CT molecular complexity index is 4710. The van der Waals surface area contributed by atoms with E-state index in [0.717, 1.165) is 81.1 Å². The summed E-state index contributed by atoms with van der Waals surface area (Å²) >= 11 is 5.24. The van der Waals surface area contributed by atoms with Crippen molar-refractivity contribution in [1.82, 2.24) is 56.0 Å². The Kier molecular flexibility index (Phi) is 32.0. The van der Waals surface area contributed by atoms with E-state index in [-0.39, 0.29) is 129 Å². The number of carbonyl (C=O) groups is 6. The van der Waals surface area contributed by atoms with E-state index in [1.165, 1.54) is 27.2 Å². The zero-order valence-electron chi connectivity index (χ0n) is 73.5. The van der Waals surface area contributed by atoms with E-state index in [1.807, 2.05) is 106 Å². The Morgan fingerprint density at radius 3 is 0.850 bits per heavy atom. The quantitative estimate of drug-likeness (QED) is 0.0237. The lowest BCUT2D eigenvalue weighted by Gasteiger charge is -2.57. The van der Waals surface area contributed by atoms with Gasteiger partial charge in [0.05, 0.1) is 124 Å². The van der Waals surface area contributed by atoms with E-state index in [2.05, 4.69) is 26.6 Å². The molecule has 6 aromatic rings. The number of urea groups is 2. The molecule has 8 amide bonds. The molecule has 6 aromatic carbocycles. The van der Waals surface area contributed by atoms with Gasteiger partial charge in [-0.1, -0.05) is 91.0 Å². The van der Waals surface area contributed by atoms with Crippen LogP contribution in [0.1, 0.15) is 202 Å². The van der Waals surface area contributed by atoms with Gasteiger partial charge in [0.1, 0.15) is 0 Å². The largest absolute Gasteiger partial charge is 0.416 e. The second-order valence-electron chi connectivity index (χ2n) is 36.0. The van der Waals surface area contributed by atoms with Crippen LogP contribution < -0.4 is 32.3 Å². The number of piperidine rings is 6. The lowest BCUT2D eigenvalue weighted by atomic mass is 9.73. The maximum atomic E-state index is 13.5. The minimum absolute atomic E-state index is 0.0102. The zero-order valence-corrected chi connectivity index (χ0v) is 74.3. The topological polar surface area (TPSA) is 236 Å². The number of rotatable bonds is 20. The average Bonchev–Trinajstić information content (AvgIpc) is 0.740. The van der Waals surface area contributed by atoms with Crippen molar-refractivity contribution >= 4 is 46.8 Å². The number of hydrogen-bond donors (Lipinski definition) is 6. The number of fused-ring (bicyclic) bond motifs is 6. The molecular formula is C93H109ClF18N12O9. The van der Waals surface area contributed by atoms with Gasteiger partial charge >= 0.3 is 54.5 Å². The molecule has 9 saturated heterocycles. The molecule has 9 fully saturated rings. The first-order valence-corrected chi connectivity index (χ1v) is 44.7. The average molecular weight is 1920 g/mol. The minimum atomic E-state index is -4.97. The number of piperazine rings is 3. The van der Waals surface area contributed by atoms with Crippen LogP contribution in [0.15, 0.2) is 146 Å². The van der Waals surface area contributed by atoms with Crippen molar-refractivity contribution in [2.75, 3.05) is 118 Å². The molecule has 0 aliphatic carbocycles. The van der Waals surface area contributed by atoms with Crippen LogP contribution in [-0.4, -0.2) is 199 Å². The standard InChI is InChI=1S/2C31H36F6N4O3.C25H27F6N3O2.C6H10ClNO/c2*1-21(22-14-24(30(32,33)34)16-25(15-22)31(35,36)37)44-20-29(23-8-4-2-5-9-23)11-10-28(19-41(29)17-26(42)39-28)18-38-27(43)40-12-6-3-7-13-40;1-16(17-9-19(24(26,27)28)11-20(10-17)25(29,30)31)36-15-23(18-5-3-2-4-6-18)8-7-22(13-32)14-34(23)12-21(35)33-22;7-6(9)8-4-2-1-3-5-8/h2*2,4-5,8-9,14-16,21H,3,6-7,10-13,17-20H2,1H3,(H,38,43)(H,39,42);2-6,9-11,16H,7-8,12-15,32H2,1H3,(H,33,35);1-5H2/t2*21-,28+,29-;16-,22+,23-;/m111./s1. The maximum absolute atomic E-state index is 13.5. The van der Waals surface area contributed by atoms with E-state index in [4.69, 9.17) is 31.5 Å². The molecule has 728 valence electrons. The van der Waals surface area contributed by atoms with Gasteiger partial charge in [-0.05, 0) is 217 Å². The first-order valence-electron chi connectivity index (χ1n) is 44.3. The molecule has 6 bridgehead atoms. The van der Waals surface area contributed by atoms with E-state index >= 15 is 0 Å². The molecular weight excluding hydrogens is 1810 g/mol. The van der Waals surface area contributed by atoms with Gasteiger partial charge in [-0.3, -0.25) is 33.9 Å². The molecule has 0 saturated carbocycles. The Morgan fingerprint density at radius 1 is 0.368 bits per heavy atom. The third-order valence-electron chi connectivity index (χ3n) is 26.9. The number of likely N-dealkylation sites (tertiary alicyclic amines) is 3. The summed E-state index contributed by atoms with van der Waals surface area (Å²) in [6.45, 7) is 10.4. The number of halogens is 19. The van der Waals surface area contributed by atoms with Gasteiger partial charge in [0.25, 0.3) is 0 Å². The fourth-order valence-corrected chi connectivity index (χ4v) is 19.5. The molecule has 40 heteroatoms. The number of nitrogens with two attached hydrogens (primary N) is 1. The van der Waals surface area contributed by atoms with Crippen molar-refractivity contribution < 1.29 is 122 Å². The molecule has 15 rings (SSSR count). The molecule has 9 aliphatic rings. The van der Waals surface area contributed by atoms with Crippen LogP contribution in [0.5, 0.6) is 0 Å². The molecule has 9 heterocycles. The summed E-state index contributed by atoms with van der Waals surface area (Å²) in [5, 5.41) is 14.8. The van der Waals surface area contributed by atoms with Gasteiger partial charge in [0.2, 0.25) is 17.7 Å². The number of carbonyl (C=O) groups excluding carboxylic acids is 6. The van der Waals surface area contributed by atoms with Crippen molar-refractivity contribution in [3.8, 4) is 0 Å². The summed E-state index contributed by atoms with van der Waals surface area (Å²) in [6.07, 6.45) is -20.8. The van der Waals surface area contributed by atoms with Crippen LogP contribution in [0, 0.1) is 0 Å². The van der Waals surface area contributed by atoms with Crippen LogP contribution in [0.25, 0.3) is 0 Å². The first-order chi connectivity index (χ1) is 62.5. The van der Waals surface area contributed by atoms with E-state index in [1.54, 1.807) is 14.7 Å². The minimum Gasteiger partial charge on any atom is -0.372 e. The number of hydrogen-bond acceptors (Lipinski definition) is 13. The Morgan fingerprint density at radius 2 is 0.609 bits per heavy atom. The second-order valence-corrected chi connectivity index (χ2v) is 36.4. The SMILES string of the molecule is C[C@@H](OC[C@@]1(c2ccccc2)CC[C@]2(CN)CN1CC(=O)N2)c1cc(C(F)(F)F)cc(C(F)(F)F)c1.C[C@@H](OC[C@@]1(c2ccccc2)CC[C@]2(CNC(=O)N3CCCCC3)CN1CC(=O)N2)c1cc(C(F)(F)F)cc(C(F)(F)F)c1.C[C@@H](OC[C@@]1(c2ccccc2)CC[C@]2(CNC(=O)N3CCCCC3)CN1CC(=O)N2)c1cc(C(F)(F)F)cc(C(F)(F)F)c1.O=C(Cl)N1CCCCC1. The van der Waals surface area contributed by atoms with E-state index in [0.29, 0.717) is 121 Å². The highest BCUT2D eigenvalue weighted by molar-refractivity contribution is 6.62. The highest BCUT2D eigenvalue weighted by Gasteiger charge is 2.57. The number of nitrogens with zero attached hydrogens (tertiary/aromatic N) is 6. The van der Waals surface area contributed by atoms with Crippen LogP contribution in [-0.2, 0) is 82.3 Å². The lowest BCUT2D eigenvalue weighted by molar-refractivity contribution is -0.145. The smallest absolute Gasteiger partial charge is 0.372 e. The van der Waals surface area contributed by atoms with Crippen LogP contribution >= 0.6 is 11.6 Å². The highest BCUT2D eigenvalue weighted by atomic mass is 35.5. The molecule has 0 spiro atoms. The number of amides is 8. The summed E-state index contributed by atoms with van der Waals surface area (Å²) in [7, 11) is 0. The van der Waals surface area contributed by atoms with Crippen molar-refractivity contribution in [3.05, 3.63) is 212 Å². The summed E-state index contributed by atoms with van der Waals surface area (Å²) in [5.41, 5.74) is -5.35. The van der Waals surface area contributed by atoms with E-state index in [9.17, 15) is 108 Å². The Balaban J connectivity index is 0.000000172. The summed E-state index contributed by atoms with van der Waals surface area (Å²) in [5.74, 6) is -0.694. The van der Waals surface area contributed by atoms with Crippen LogP contribution in [0.4, 0.5) is 93.4 Å². The van der Waals surface area contributed by atoms with Gasteiger partial charge in [-0.15, -0.1) is 0 Å². The van der Waals surface area contributed by atoms with Gasteiger partial charge in [0.15, 0.2) is 0 Å². The van der Waals surface area contributed by atoms with Crippen molar-refractivity contribution in [2.45, 2.75) is 206 Å². The van der Waals surface area contributed by atoms with E-state index < -0.39 is 122 Å². The molecule has 0 radical (unpaired) electrons. The monoisotopic (exact) mass is 1910 g/mol. The fourth-order valence-electron chi connectivity index (χ4n) is 19.3. The molecule has 12 atom stereocenters.